The molecule has 1 saturated carbocycles. The van der Waals surface area contributed by atoms with Gasteiger partial charge in [-0.1, -0.05) is 36.8 Å². The number of nitrogens with one attached hydrogen (secondary N) is 1. The van der Waals surface area contributed by atoms with Crippen molar-refractivity contribution in [2.24, 2.45) is 17.6 Å². The van der Waals surface area contributed by atoms with Gasteiger partial charge in [0.05, 0.1) is 6.54 Å². The van der Waals surface area contributed by atoms with Gasteiger partial charge in [0.1, 0.15) is 0 Å². The zero-order valence-electron chi connectivity index (χ0n) is 13.5. The van der Waals surface area contributed by atoms with E-state index in [0.717, 1.165) is 24.8 Å². The third kappa shape index (κ3) is 5.52. The first-order valence-corrected chi connectivity index (χ1v) is 7.87. The highest BCUT2D eigenvalue weighted by Crippen LogP contribution is 2.30. The Balaban J connectivity index is 0.00000264. The maximum Gasteiger partial charge on any atom is 0.242 e. The lowest BCUT2D eigenvalue weighted by atomic mass is 9.95. The van der Waals surface area contributed by atoms with Crippen LogP contribution in [0.4, 0.5) is 0 Å². The number of rotatable bonds is 6. The fraction of sp³-hybridized carbons (Fsp3) is 0.529. The molecule has 0 bridgehead atoms. The summed E-state index contributed by atoms with van der Waals surface area (Å²) in [6.45, 7) is 1.14. The summed E-state index contributed by atoms with van der Waals surface area (Å²) in [6.07, 6.45) is 2.93. The second-order valence-electron chi connectivity index (χ2n) is 5.99. The predicted octanol–water partition coefficient (Wildman–Crippen LogP) is 1.56. The Morgan fingerprint density at radius 1 is 1.26 bits per heavy atom. The maximum absolute atomic E-state index is 12.2. The smallest absolute Gasteiger partial charge is 0.242 e. The molecule has 0 spiro atoms. The number of hydrogen-bond acceptors (Lipinski definition) is 3. The highest BCUT2D eigenvalue weighted by molar-refractivity contribution is 5.86. The molecular formula is C17H26ClN3O2. The summed E-state index contributed by atoms with van der Waals surface area (Å²) >= 11 is 0. The molecule has 1 aliphatic carbocycles. The Labute approximate surface area is 144 Å². The summed E-state index contributed by atoms with van der Waals surface area (Å²) in [7, 11) is 1.75. The summed E-state index contributed by atoms with van der Waals surface area (Å²) in [6, 6.07) is 9.80. The zero-order valence-corrected chi connectivity index (χ0v) is 14.3. The van der Waals surface area contributed by atoms with Crippen LogP contribution in [-0.2, 0) is 16.1 Å². The quantitative estimate of drug-likeness (QED) is 0.825. The van der Waals surface area contributed by atoms with Crippen molar-refractivity contribution in [3.8, 4) is 0 Å². The van der Waals surface area contributed by atoms with E-state index >= 15 is 0 Å². The van der Waals surface area contributed by atoms with E-state index in [9.17, 15) is 9.59 Å². The first-order valence-electron chi connectivity index (χ1n) is 7.87. The maximum atomic E-state index is 12.2. The Bertz CT molecular complexity index is 510. The SMILES string of the molecule is CN(Cc1ccccc1)C(=O)CNC(=O)[C@@H]1CCC[C@@H]1CN.Cl. The van der Waals surface area contributed by atoms with Crippen molar-refractivity contribution in [1.82, 2.24) is 10.2 Å². The normalized spacial score (nSPS) is 19.7. The van der Waals surface area contributed by atoms with Crippen molar-refractivity contribution in [3.63, 3.8) is 0 Å². The van der Waals surface area contributed by atoms with Gasteiger partial charge in [0.25, 0.3) is 0 Å². The fourth-order valence-electron chi connectivity index (χ4n) is 3.04. The lowest BCUT2D eigenvalue weighted by Crippen LogP contribution is -2.41. The highest BCUT2D eigenvalue weighted by atomic mass is 35.5. The molecule has 2 atom stereocenters. The summed E-state index contributed by atoms with van der Waals surface area (Å²) < 4.78 is 0. The number of halogens is 1. The topological polar surface area (TPSA) is 75.4 Å². The second kappa shape index (κ2) is 9.53. The van der Waals surface area contributed by atoms with Crippen molar-refractivity contribution < 1.29 is 9.59 Å². The molecule has 2 amide bonds. The lowest BCUT2D eigenvalue weighted by molar-refractivity contribution is -0.133. The minimum absolute atomic E-state index is 0. The monoisotopic (exact) mass is 339 g/mol. The van der Waals surface area contributed by atoms with Crippen LogP contribution >= 0.6 is 12.4 Å². The van der Waals surface area contributed by atoms with Gasteiger partial charge in [-0.15, -0.1) is 12.4 Å². The molecular weight excluding hydrogens is 314 g/mol. The number of likely N-dealkylation sites (N-methyl/N-ethyl adjacent to an activating group) is 1. The van der Waals surface area contributed by atoms with E-state index in [1.807, 2.05) is 30.3 Å². The van der Waals surface area contributed by atoms with Gasteiger partial charge in [-0.2, -0.15) is 0 Å². The highest BCUT2D eigenvalue weighted by Gasteiger charge is 2.31. The molecule has 3 N–H and O–H groups in total. The largest absolute Gasteiger partial charge is 0.347 e. The standard InChI is InChI=1S/C17H25N3O2.ClH/c1-20(12-13-6-3-2-4-7-13)16(21)11-19-17(22)15-9-5-8-14(15)10-18;/h2-4,6-7,14-15H,5,8-12,18H2,1H3,(H,19,22);1H/t14-,15-;/m1./s1. The molecule has 0 heterocycles. The number of carbonyl (C=O) groups excluding carboxylic acids is 2. The molecule has 1 aliphatic rings. The average molecular weight is 340 g/mol. The molecule has 0 radical (unpaired) electrons. The number of hydrogen-bond donors (Lipinski definition) is 2. The number of benzene rings is 1. The van der Waals surface area contributed by atoms with Gasteiger partial charge in [0, 0.05) is 19.5 Å². The van der Waals surface area contributed by atoms with Gasteiger partial charge in [0.15, 0.2) is 0 Å². The van der Waals surface area contributed by atoms with Crippen LogP contribution in [0, 0.1) is 11.8 Å². The Hall–Kier alpha value is -1.59. The average Bonchev–Trinajstić information content (AvgIpc) is 3.01. The number of carbonyl (C=O) groups is 2. The predicted molar refractivity (Wildman–Crippen MR) is 93.1 cm³/mol. The zero-order chi connectivity index (χ0) is 15.9. The molecule has 0 unspecified atom stereocenters. The van der Waals surface area contributed by atoms with Crippen LogP contribution in [0.1, 0.15) is 24.8 Å². The summed E-state index contributed by atoms with van der Waals surface area (Å²) in [4.78, 5) is 25.9. The number of nitrogens with zero attached hydrogens (tertiary/aromatic N) is 1. The molecule has 0 aliphatic heterocycles. The Morgan fingerprint density at radius 3 is 2.61 bits per heavy atom. The van der Waals surface area contributed by atoms with Gasteiger partial charge in [-0.05, 0) is 30.9 Å². The summed E-state index contributed by atoms with van der Waals surface area (Å²) in [5, 5.41) is 2.77. The molecule has 0 saturated heterocycles. The van der Waals surface area contributed by atoms with Crippen molar-refractivity contribution >= 4 is 24.2 Å². The molecule has 23 heavy (non-hydrogen) atoms. The summed E-state index contributed by atoms with van der Waals surface area (Å²) in [5.41, 5.74) is 6.77. The van der Waals surface area contributed by atoms with Crippen LogP contribution in [0.2, 0.25) is 0 Å². The van der Waals surface area contributed by atoms with Gasteiger partial charge >= 0.3 is 0 Å². The lowest BCUT2D eigenvalue weighted by Gasteiger charge is -2.20. The van der Waals surface area contributed by atoms with Crippen LogP contribution in [0.25, 0.3) is 0 Å². The molecule has 5 nitrogen and oxygen atoms in total. The third-order valence-corrected chi connectivity index (χ3v) is 4.40. The molecule has 1 aromatic rings. The van der Waals surface area contributed by atoms with Gasteiger partial charge < -0.3 is 16.0 Å². The van der Waals surface area contributed by atoms with Crippen LogP contribution in [-0.4, -0.2) is 36.9 Å². The van der Waals surface area contributed by atoms with E-state index in [1.54, 1.807) is 11.9 Å². The number of amides is 2. The minimum atomic E-state index is -0.0838. The van der Waals surface area contributed by atoms with Crippen molar-refractivity contribution in [3.05, 3.63) is 35.9 Å². The van der Waals surface area contributed by atoms with E-state index < -0.39 is 0 Å². The van der Waals surface area contributed by atoms with Crippen molar-refractivity contribution in [2.75, 3.05) is 20.1 Å². The molecule has 0 aromatic heterocycles. The van der Waals surface area contributed by atoms with E-state index in [1.165, 1.54) is 0 Å². The molecule has 128 valence electrons. The van der Waals surface area contributed by atoms with Crippen molar-refractivity contribution in [2.45, 2.75) is 25.8 Å². The van der Waals surface area contributed by atoms with E-state index in [2.05, 4.69) is 5.32 Å². The van der Waals surface area contributed by atoms with E-state index in [-0.39, 0.29) is 42.6 Å². The van der Waals surface area contributed by atoms with Crippen LogP contribution in [0.5, 0.6) is 0 Å². The van der Waals surface area contributed by atoms with E-state index in [0.29, 0.717) is 13.1 Å². The van der Waals surface area contributed by atoms with Gasteiger partial charge in [-0.25, -0.2) is 0 Å². The first-order chi connectivity index (χ1) is 10.6. The molecule has 1 fully saturated rings. The Morgan fingerprint density at radius 2 is 1.96 bits per heavy atom. The third-order valence-electron chi connectivity index (χ3n) is 4.40. The first kappa shape index (κ1) is 19.5. The van der Waals surface area contributed by atoms with Crippen molar-refractivity contribution in [1.29, 1.82) is 0 Å². The Kier molecular flexibility index (Phi) is 8.06. The number of nitrogens with two attached hydrogens (primary N) is 1. The van der Waals surface area contributed by atoms with Crippen LogP contribution < -0.4 is 11.1 Å². The molecule has 2 rings (SSSR count). The summed E-state index contributed by atoms with van der Waals surface area (Å²) in [5.74, 6) is 0.114. The van der Waals surface area contributed by atoms with Crippen LogP contribution in [0.15, 0.2) is 30.3 Å². The molecule has 1 aromatic carbocycles. The van der Waals surface area contributed by atoms with Gasteiger partial charge in [0.2, 0.25) is 11.8 Å². The van der Waals surface area contributed by atoms with E-state index in [4.69, 9.17) is 5.73 Å². The fourth-order valence-corrected chi connectivity index (χ4v) is 3.04. The molecule has 6 heteroatoms. The second-order valence-corrected chi connectivity index (χ2v) is 5.99. The van der Waals surface area contributed by atoms with Crippen LogP contribution in [0.3, 0.4) is 0 Å². The minimum Gasteiger partial charge on any atom is -0.347 e. The van der Waals surface area contributed by atoms with Gasteiger partial charge in [-0.3, -0.25) is 9.59 Å².